The van der Waals surface area contributed by atoms with Gasteiger partial charge in [0.2, 0.25) is 0 Å². The van der Waals surface area contributed by atoms with E-state index in [9.17, 15) is 4.79 Å². The van der Waals surface area contributed by atoms with Crippen LogP contribution in [0.25, 0.3) is 0 Å². The van der Waals surface area contributed by atoms with Gasteiger partial charge < -0.3 is 20.5 Å². The van der Waals surface area contributed by atoms with E-state index in [-0.39, 0.29) is 6.61 Å². The highest BCUT2D eigenvalue weighted by Crippen LogP contribution is 2.34. The molecule has 0 spiro atoms. The minimum atomic E-state index is -0.506. The smallest absolute Gasteiger partial charge is 0.255 e. The Bertz CT molecular complexity index is 464. The van der Waals surface area contributed by atoms with Gasteiger partial charge in [0.25, 0.3) is 5.91 Å². The Kier molecular flexibility index (Phi) is 7.08. The average Bonchev–Trinajstić information content (AvgIpc) is 2.35. The summed E-state index contributed by atoms with van der Waals surface area (Å²) in [4.78, 5) is 10.8. The Balaban J connectivity index is 2.95. The lowest BCUT2D eigenvalue weighted by Gasteiger charge is -2.15. The Morgan fingerprint density at radius 3 is 2.65 bits per heavy atom. The predicted octanol–water partition coefficient (Wildman–Crippen LogP) is 2.05. The van der Waals surface area contributed by atoms with Crippen molar-refractivity contribution in [3.63, 3.8) is 0 Å². The summed E-state index contributed by atoms with van der Waals surface area (Å²) in [5.74, 6) is 0.703. The van der Waals surface area contributed by atoms with E-state index in [0.717, 1.165) is 15.7 Å². The zero-order valence-electron chi connectivity index (χ0n) is 12.0. The number of ether oxygens (including phenoxy) is 2. The van der Waals surface area contributed by atoms with Gasteiger partial charge in [0.05, 0.1) is 10.2 Å². The van der Waals surface area contributed by atoms with Crippen LogP contribution in [-0.2, 0) is 11.3 Å². The molecule has 0 radical (unpaired) electrons. The zero-order valence-corrected chi connectivity index (χ0v) is 14.2. The molecule has 0 aromatic heterocycles. The van der Waals surface area contributed by atoms with Gasteiger partial charge in [0.15, 0.2) is 18.1 Å². The summed E-state index contributed by atoms with van der Waals surface area (Å²) >= 11 is 2.17. The summed E-state index contributed by atoms with van der Waals surface area (Å²) in [6.07, 6.45) is 0. The third-order valence-electron chi connectivity index (χ3n) is 2.44. The number of nitrogens with one attached hydrogen (secondary N) is 1. The van der Waals surface area contributed by atoms with E-state index >= 15 is 0 Å². The number of hydrogen-bond acceptors (Lipinski definition) is 4. The molecule has 1 aromatic rings. The maximum Gasteiger partial charge on any atom is 0.255 e. The second kappa shape index (κ2) is 8.31. The van der Waals surface area contributed by atoms with Gasteiger partial charge in [-0.1, -0.05) is 13.8 Å². The van der Waals surface area contributed by atoms with Crippen LogP contribution in [0.2, 0.25) is 0 Å². The van der Waals surface area contributed by atoms with Crippen LogP contribution in [0.3, 0.4) is 0 Å². The van der Waals surface area contributed by atoms with Crippen LogP contribution in [0, 0.1) is 3.57 Å². The Hall–Kier alpha value is -1.02. The van der Waals surface area contributed by atoms with E-state index in [1.807, 2.05) is 19.1 Å². The molecule has 0 aliphatic heterocycles. The van der Waals surface area contributed by atoms with Crippen molar-refractivity contribution < 1.29 is 14.3 Å². The Morgan fingerprint density at radius 2 is 2.10 bits per heavy atom. The SMILES string of the molecule is CCOc1cc(CNC(C)C)cc(I)c1OCC(N)=O. The highest BCUT2D eigenvalue weighted by molar-refractivity contribution is 14.1. The molecule has 1 rings (SSSR count). The van der Waals surface area contributed by atoms with Gasteiger partial charge in [-0.2, -0.15) is 0 Å². The van der Waals surface area contributed by atoms with Crippen LogP contribution in [0.1, 0.15) is 26.3 Å². The Morgan fingerprint density at radius 1 is 1.40 bits per heavy atom. The number of nitrogens with two attached hydrogens (primary N) is 1. The topological polar surface area (TPSA) is 73.6 Å². The monoisotopic (exact) mass is 392 g/mol. The second-order valence-electron chi connectivity index (χ2n) is 4.63. The molecular weight excluding hydrogens is 371 g/mol. The number of halogens is 1. The fourth-order valence-corrected chi connectivity index (χ4v) is 2.41. The van der Waals surface area contributed by atoms with E-state index < -0.39 is 5.91 Å². The summed E-state index contributed by atoms with van der Waals surface area (Å²) in [6, 6.07) is 4.35. The third-order valence-corrected chi connectivity index (χ3v) is 3.24. The van der Waals surface area contributed by atoms with Gasteiger partial charge in [0, 0.05) is 12.6 Å². The minimum Gasteiger partial charge on any atom is -0.490 e. The largest absolute Gasteiger partial charge is 0.490 e. The number of carbonyl (C=O) groups is 1. The van der Waals surface area contributed by atoms with Gasteiger partial charge in [-0.3, -0.25) is 4.79 Å². The van der Waals surface area contributed by atoms with Gasteiger partial charge in [0.1, 0.15) is 0 Å². The molecule has 0 aliphatic carbocycles. The van der Waals surface area contributed by atoms with Crippen molar-refractivity contribution in [2.24, 2.45) is 5.73 Å². The summed E-state index contributed by atoms with van der Waals surface area (Å²) in [6.45, 7) is 7.23. The molecule has 5 nitrogen and oxygen atoms in total. The zero-order chi connectivity index (χ0) is 15.1. The number of hydrogen-bond donors (Lipinski definition) is 2. The van der Waals surface area contributed by atoms with E-state index in [1.54, 1.807) is 0 Å². The van der Waals surface area contributed by atoms with Crippen molar-refractivity contribution in [3.8, 4) is 11.5 Å². The van der Waals surface area contributed by atoms with Crippen molar-refractivity contribution in [2.75, 3.05) is 13.2 Å². The second-order valence-corrected chi connectivity index (χ2v) is 5.79. The Labute approximate surface area is 133 Å². The number of amides is 1. The van der Waals surface area contributed by atoms with Gasteiger partial charge in [-0.15, -0.1) is 0 Å². The first kappa shape index (κ1) is 17.0. The molecule has 0 saturated heterocycles. The molecule has 0 saturated carbocycles. The van der Waals surface area contributed by atoms with Crippen LogP contribution >= 0.6 is 22.6 Å². The van der Waals surface area contributed by atoms with Crippen molar-refractivity contribution in [1.29, 1.82) is 0 Å². The highest BCUT2D eigenvalue weighted by Gasteiger charge is 2.13. The fourth-order valence-electron chi connectivity index (χ4n) is 1.59. The van der Waals surface area contributed by atoms with E-state index in [0.29, 0.717) is 24.1 Å². The lowest BCUT2D eigenvalue weighted by atomic mass is 10.2. The lowest BCUT2D eigenvalue weighted by molar-refractivity contribution is -0.119. The molecule has 3 N–H and O–H groups in total. The molecular formula is C14H21IN2O3. The van der Waals surface area contributed by atoms with Gasteiger partial charge >= 0.3 is 0 Å². The maximum absolute atomic E-state index is 10.8. The van der Waals surface area contributed by atoms with E-state index in [4.69, 9.17) is 15.2 Å². The molecule has 112 valence electrons. The first-order valence-corrected chi connectivity index (χ1v) is 7.61. The third kappa shape index (κ3) is 5.54. The molecule has 0 atom stereocenters. The molecule has 0 fully saturated rings. The van der Waals surface area contributed by atoms with E-state index in [1.165, 1.54) is 0 Å². The first-order chi connectivity index (χ1) is 9.43. The molecule has 1 aromatic carbocycles. The normalized spacial score (nSPS) is 10.7. The van der Waals surface area contributed by atoms with Crippen LogP contribution in [0.4, 0.5) is 0 Å². The molecule has 0 bridgehead atoms. The number of benzene rings is 1. The van der Waals surface area contributed by atoms with Crippen LogP contribution in [0.5, 0.6) is 11.5 Å². The quantitative estimate of drug-likeness (QED) is 0.665. The average molecular weight is 392 g/mol. The number of carbonyl (C=O) groups excluding carboxylic acids is 1. The summed E-state index contributed by atoms with van der Waals surface area (Å²) < 4.78 is 11.9. The molecule has 6 heteroatoms. The van der Waals surface area contributed by atoms with Crippen molar-refractivity contribution in [3.05, 3.63) is 21.3 Å². The lowest BCUT2D eigenvalue weighted by Crippen LogP contribution is -2.22. The number of primary amides is 1. The fraction of sp³-hybridized carbons (Fsp3) is 0.500. The molecule has 0 aliphatic rings. The molecule has 1 amide bonds. The molecule has 0 heterocycles. The van der Waals surface area contributed by atoms with E-state index in [2.05, 4.69) is 41.8 Å². The van der Waals surface area contributed by atoms with Gasteiger partial charge in [-0.05, 0) is 47.2 Å². The first-order valence-electron chi connectivity index (χ1n) is 6.53. The van der Waals surface area contributed by atoms with Gasteiger partial charge in [-0.25, -0.2) is 0 Å². The van der Waals surface area contributed by atoms with Crippen LogP contribution in [-0.4, -0.2) is 25.2 Å². The van der Waals surface area contributed by atoms with Crippen LogP contribution < -0.4 is 20.5 Å². The van der Waals surface area contributed by atoms with Crippen molar-refractivity contribution in [2.45, 2.75) is 33.4 Å². The van der Waals surface area contributed by atoms with Crippen molar-refractivity contribution in [1.82, 2.24) is 5.32 Å². The summed E-state index contributed by atoms with van der Waals surface area (Å²) in [7, 11) is 0. The number of rotatable bonds is 8. The summed E-state index contributed by atoms with van der Waals surface area (Å²) in [5.41, 5.74) is 6.22. The van der Waals surface area contributed by atoms with Crippen LogP contribution in [0.15, 0.2) is 12.1 Å². The minimum absolute atomic E-state index is 0.153. The highest BCUT2D eigenvalue weighted by atomic mass is 127. The molecule has 0 unspecified atom stereocenters. The summed E-state index contributed by atoms with van der Waals surface area (Å²) in [5, 5.41) is 3.35. The maximum atomic E-state index is 10.8. The van der Waals surface area contributed by atoms with Crippen molar-refractivity contribution >= 4 is 28.5 Å². The predicted molar refractivity (Wildman–Crippen MR) is 87.0 cm³/mol. The molecule has 20 heavy (non-hydrogen) atoms. The standard InChI is InChI=1S/C14H21IN2O3/c1-4-19-12-6-10(7-17-9(2)3)5-11(15)14(12)20-8-13(16)18/h5-6,9,17H,4,7-8H2,1-3H3,(H2,16,18).